The fourth-order valence-electron chi connectivity index (χ4n) is 1.73. The average Bonchev–Trinajstić information content (AvgIpc) is 2.01. The van der Waals surface area contributed by atoms with Crippen LogP contribution in [0.5, 0.6) is 0 Å². The predicted molar refractivity (Wildman–Crippen MR) is 70.0 cm³/mol. The van der Waals surface area contributed by atoms with Gasteiger partial charge in [-0.15, -0.1) is 0 Å². The lowest BCUT2D eigenvalue weighted by Gasteiger charge is -2.23. The molecule has 0 N–H and O–H groups in total. The monoisotopic (exact) mass is 216 g/mol. The van der Waals surface area contributed by atoms with Crippen molar-refractivity contribution < 1.29 is 0 Å². The molecule has 0 aliphatic heterocycles. The van der Waals surface area contributed by atoms with Crippen LogP contribution < -0.4 is 0 Å². The van der Waals surface area contributed by atoms with E-state index in [2.05, 4.69) is 53.3 Å². The van der Waals surface area contributed by atoms with E-state index in [0.29, 0.717) is 0 Å². The smallest absolute Gasteiger partial charge is 0.00545 e. The van der Waals surface area contributed by atoms with Crippen molar-refractivity contribution >= 4 is 11.8 Å². The van der Waals surface area contributed by atoms with Crippen molar-refractivity contribution in [3.05, 3.63) is 0 Å². The summed E-state index contributed by atoms with van der Waals surface area (Å²) in [5, 5.41) is 1.66. The van der Waals surface area contributed by atoms with Gasteiger partial charge in [0.25, 0.3) is 0 Å². The van der Waals surface area contributed by atoms with Gasteiger partial charge in [-0.25, -0.2) is 0 Å². The van der Waals surface area contributed by atoms with Crippen molar-refractivity contribution in [2.24, 2.45) is 11.8 Å². The van der Waals surface area contributed by atoms with E-state index in [1.807, 2.05) is 0 Å². The van der Waals surface area contributed by atoms with Crippen molar-refractivity contribution in [3.8, 4) is 0 Å². The largest absolute Gasteiger partial charge is 0.156 e. The van der Waals surface area contributed by atoms with Crippen molar-refractivity contribution in [2.75, 3.05) is 0 Å². The molecule has 0 aromatic heterocycles. The van der Waals surface area contributed by atoms with E-state index in [1.165, 1.54) is 19.3 Å². The highest BCUT2D eigenvalue weighted by molar-refractivity contribution is 8.00. The summed E-state index contributed by atoms with van der Waals surface area (Å²) in [6.07, 6.45) is 4.11. The van der Waals surface area contributed by atoms with Crippen molar-refractivity contribution in [1.82, 2.24) is 0 Å². The first-order valence-corrected chi connectivity index (χ1v) is 7.05. The van der Waals surface area contributed by atoms with Crippen LogP contribution in [0.25, 0.3) is 0 Å². The molecule has 0 rings (SSSR count). The van der Waals surface area contributed by atoms with Gasteiger partial charge < -0.3 is 0 Å². The number of hydrogen-bond donors (Lipinski definition) is 0. The van der Waals surface area contributed by atoms with Crippen molar-refractivity contribution in [2.45, 2.75) is 71.3 Å². The lowest BCUT2D eigenvalue weighted by molar-refractivity contribution is 0.458. The van der Waals surface area contributed by atoms with Crippen LogP contribution >= 0.6 is 11.8 Å². The molecule has 2 atom stereocenters. The maximum absolute atomic E-state index is 2.38. The molecular weight excluding hydrogens is 188 g/mol. The van der Waals surface area contributed by atoms with E-state index in [-0.39, 0.29) is 0 Å². The van der Waals surface area contributed by atoms with Crippen LogP contribution in [0.3, 0.4) is 0 Å². The van der Waals surface area contributed by atoms with E-state index < -0.39 is 0 Å². The third-order valence-electron chi connectivity index (χ3n) is 2.56. The fourth-order valence-corrected chi connectivity index (χ4v) is 3.44. The highest BCUT2D eigenvalue weighted by Crippen LogP contribution is 2.29. The summed E-state index contributed by atoms with van der Waals surface area (Å²) in [6, 6.07) is 0. The van der Waals surface area contributed by atoms with E-state index in [1.54, 1.807) is 0 Å². The van der Waals surface area contributed by atoms with Crippen LogP contribution in [-0.2, 0) is 0 Å². The fraction of sp³-hybridized carbons (Fsp3) is 1.00. The second kappa shape index (κ2) is 7.62. The van der Waals surface area contributed by atoms with Gasteiger partial charge >= 0.3 is 0 Å². The second-order valence-electron chi connectivity index (χ2n) is 5.19. The van der Waals surface area contributed by atoms with Gasteiger partial charge in [-0.1, -0.05) is 48.0 Å². The summed E-state index contributed by atoms with van der Waals surface area (Å²) in [5.41, 5.74) is 0. The van der Waals surface area contributed by atoms with Crippen LogP contribution in [0.15, 0.2) is 0 Å². The van der Waals surface area contributed by atoms with E-state index >= 15 is 0 Å². The molecule has 0 radical (unpaired) electrons. The minimum absolute atomic E-state index is 0.780. The standard InChI is InChI=1S/C13H28S/c1-7-12(6)9-13(8-10(2)3)14-11(4)5/h10-13H,7-9H2,1-6H3. The maximum atomic E-state index is 2.38. The molecule has 0 heterocycles. The van der Waals surface area contributed by atoms with Gasteiger partial charge in [0, 0.05) is 5.25 Å². The van der Waals surface area contributed by atoms with E-state index in [9.17, 15) is 0 Å². The van der Waals surface area contributed by atoms with Gasteiger partial charge in [0.05, 0.1) is 0 Å². The van der Waals surface area contributed by atoms with Gasteiger partial charge in [-0.05, 0) is 29.9 Å². The zero-order valence-corrected chi connectivity index (χ0v) is 11.7. The molecule has 86 valence electrons. The Bertz CT molecular complexity index is 119. The molecule has 0 aromatic rings. The Morgan fingerprint density at radius 2 is 1.50 bits per heavy atom. The van der Waals surface area contributed by atoms with Gasteiger partial charge in [0.1, 0.15) is 0 Å². The number of hydrogen-bond acceptors (Lipinski definition) is 1. The first-order valence-electron chi connectivity index (χ1n) is 6.11. The molecule has 0 saturated carbocycles. The third kappa shape index (κ3) is 7.73. The second-order valence-corrected chi connectivity index (χ2v) is 7.07. The van der Waals surface area contributed by atoms with Crippen molar-refractivity contribution in [3.63, 3.8) is 0 Å². The zero-order valence-electron chi connectivity index (χ0n) is 10.8. The van der Waals surface area contributed by atoms with Crippen molar-refractivity contribution in [1.29, 1.82) is 0 Å². The molecular formula is C13H28S. The van der Waals surface area contributed by atoms with Crippen LogP contribution in [0.2, 0.25) is 0 Å². The molecule has 0 amide bonds. The molecule has 14 heavy (non-hydrogen) atoms. The van der Waals surface area contributed by atoms with Gasteiger partial charge in [0.2, 0.25) is 0 Å². The highest BCUT2D eigenvalue weighted by atomic mass is 32.2. The molecule has 0 saturated heterocycles. The zero-order chi connectivity index (χ0) is 11.1. The Kier molecular flexibility index (Phi) is 7.81. The first-order chi connectivity index (χ1) is 6.45. The summed E-state index contributed by atoms with van der Waals surface area (Å²) in [7, 11) is 0. The normalized spacial score (nSPS) is 16.3. The Morgan fingerprint density at radius 3 is 1.86 bits per heavy atom. The summed E-state index contributed by atoms with van der Waals surface area (Å²) >= 11 is 2.17. The molecule has 1 heteroatoms. The van der Waals surface area contributed by atoms with Crippen LogP contribution in [0, 0.1) is 11.8 Å². The SMILES string of the molecule is CCC(C)CC(CC(C)C)SC(C)C. The molecule has 2 unspecified atom stereocenters. The molecule has 0 nitrogen and oxygen atoms in total. The highest BCUT2D eigenvalue weighted by Gasteiger charge is 2.15. The Labute approximate surface area is 95.2 Å². The summed E-state index contributed by atoms with van der Waals surface area (Å²) in [5.74, 6) is 1.74. The quantitative estimate of drug-likeness (QED) is 0.578. The Hall–Kier alpha value is 0.350. The van der Waals surface area contributed by atoms with Crippen LogP contribution in [0.1, 0.15) is 60.8 Å². The molecule has 0 aliphatic rings. The molecule has 0 aromatic carbocycles. The Morgan fingerprint density at radius 1 is 0.929 bits per heavy atom. The van der Waals surface area contributed by atoms with E-state index in [0.717, 1.165) is 22.3 Å². The van der Waals surface area contributed by atoms with Gasteiger partial charge in [0.15, 0.2) is 0 Å². The topological polar surface area (TPSA) is 0 Å². The summed E-state index contributed by atoms with van der Waals surface area (Å²) in [4.78, 5) is 0. The molecule has 0 spiro atoms. The van der Waals surface area contributed by atoms with E-state index in [4.69, 9.17) is 0 Å². The molecule has 0 fully saturated rings. The van der Waals surface area contributed by atoms with Gasteiger partial charge in [-0.3, -0.25) is 0 Å². The number of rotatable bonds is 7. The summed E-state index contributed by atoms with van der Waals surface area (Å²) in [6.45, 7) is 14.0. The predicted octanol–water partition coefficient (Wildman–Crippen LogP) is 4.98. The molecule has 0 bridgehead atoms. The minimum atomic E-state index is 0.780. The maximum Gasteiger partial charge on any atom is 0.00545 e. The van der Waals surface area contributed by atoms with Crippen LogP contribution in [-0.4, -0.2) is 10.5 Å². The average molecular weight is 216 g/mol. The third-order valence-corrected chi connectivity index (χ3v) is 3.88. The Balaban J connectivity index is 3.96. The number of thioether (sulfide) groups is 1. The lowest BCUT2D eigenvalue weighted by atomic mass is 9.97. The van der Waals surface area contributed by atoms with Gasteiger partial charge in [-0.2, -0.15) is 11.8 Å². The molecule has 0 aliphatic carbocycles. The first kappa shape index (κ1) is 14.3. The van der Waals surface area contributed by atoms with Crippen LogP contribution in [0.4, 0.5) is 0 Å². The minimum Gasteiger partial charge on any atom is -0.156 e. The lowest BCUT2D eigenvalue weighted by Crippen LogP contribution is -2.13. The summed E-state index contributed by atoms with van der Waals surface area (Å²) < 4.78 is 0.